The second-order valence-electron chi connectivity index (χ2n) is 2.84. The van der Waals surface area contributed by atoms with Crippen LogP contribution in [0, 0.1) is 0 Å². The molecule has 1 saturated heterocycles. The number of hydrogen-bond acceptors (Lipinski definition) is 6. The van der Waals surface area contributed by atoms with Gasteiger partial charge in [-0.15, -0.1) is 0 Å². The molecule has 1 aliphatic heterocycles. The van der Waals surface area contributed by atoms with Gasteiger partial charge in [0, 0.05) is 0 Å². The number of hydrogen-bond donors (Lipinski definition) is 0. The van der Waals surface area contributed by atoms with Crippen molar-refractivity contribution in [1.29, 1.82) is 0 Å². The fourth-order valence-electron chi connectivity index (χ4n) is 0.851. The third kappa shape index (κ3) is 2.90. The van der Waals surface area contributed by atoms with Crippen LogP contribution in [-0.2, 0) is 28.6 Å². The van der Waals surface area contributed by atoms with Gasteiger partial charge in [0.25, 0.3) is 20.2 Å². The van der Waals surface area contributed by atoms with Crippen LogP contribution in [-0.4, -0.2) is 34.1 Å². The maximum absolute atomic E-state index is 11.0. The lowest BCUT2D eigenvalue weighted by molar-refractivity contribution is 0.0950. The molecule has 2 atom stereocenters. The van der Waals surface area contributed by atoms with Gasteiger partial charge in [-0.2, -0.15) is 16.8 Å². The lowest BCUT2D eigenvalue weighted by Crippen LogP contribution is -2.25. The van der Waals surface area contributed by atoms with Crippen molar-refractivity contribution in [2.24, 2.45) is 0 Å². The first-order valence-electron chi connectivity index (χ1n) is 3.54. The molecule has 1 rings (SSSR count). The molecule has 0 saturated carbocycles. The van der Waals surface area contributed by atoms with E-state index in [2.05, 4.69) is 8.37 Å². The normalized spacial score (nSPS) is 38.0. The first kappa shape index (κ1) is 10.9. The predicted octanol–water partition coefficient (Wildman–Crippen LogP) is -0.573. The fourth-order valence-corrected chi connectivity index (χ4v) is 3.95. The molecule has 0 bridgehead atoms. The Morgan fingerprint density at radius 1 is 0.923 bits per heavy atom. The number of rotatable bonds is 0. The van der Waals surface area contributed by atoms with Crippen molar-refractivity contribution in [3.8, 4) is 0 Å². The van der Waals surface area contributed by atoms with E-state index in [1.165, 1.54) is 13.8 Å². The highest BCUT2D eigenvalue weighted by molar-refractivity contribution is 8.03. The molecular formula is C5H10O6S2. The summed E-state index contributed by atoms with van der Waals surface area (Å²) >= 11 is 0. The van der Waals surface area contributed by atoms with E-state index in [4.69, 9.17) is 0 Å². The van der Waals surface area contributed by atoms with E-state index in [9.17, 15) is 16.8 Å². The molecule has 6 nitrogen and oxygen atoms in total. The summed E-state index contributed by atoms with van der Waals surface area (Å²) in [6.45, 7) is 2.87. The van der Waals surface area contributed by atoms with Crippen molar-refractivity contribution in [1.82, 2.24) is 0 Å². The first-order chi connectivity index (χ1) is 5.72. The largest absolute Gasteiger partial charge is 0.284 e. The predicted molar refractivity (Wildman–Crippen MR) is 43.8 cm³/mol. The molecule has 13 heavy (non-hydrogen) atoms. The van der Waals surface area contributed by atoms with Crippen molar-refractivity contribution in [3.63, 3.8) is 0 Å². The van der Waals surface area contributed by atoms with Gasteiger partial charge in [-0.25, -0.2) is 0 Å². The van der Waals surface area contributed by atoms with Gasteiger partial charge in [-0.3, -0.25) is 8.37 Å². The van der Waals surface area contributed by atoms with Crippen LogP contribution < -0.4 is 0 Å². The molecule has 1 heterocycles. The van der Waals surface area contributed by atoms with E-state index in [1.54, 1.807) is 0 Å². The second kappa shape index (κ2) is 3.19. The Morgan fingerprint density at radius 3 is 1.54 bits per heavy atom. The Kier molecular flexibility index (Phi) is 2.68. The standard InChI is InChI=1S/C5H10O6S2/c1-4-5(2)11-13(8,9)3-12(6,7)10-4/h4-5H,3H2,1-2H3/t4-,5+. The Bertz CT molecular complexity index is 341. The smallest absolute Gasteiger partial charge is 0.263 e. The van der Waals surface area contributed by atoms with Crippen LogP contribution in [0.25, 0.3) is 0 Å². The molecule has 0 amide bonds. The van der Waals surface area contributed by atoms with Gasteiger partial charge in [-0.05, 0) is 13.8 Å². The summed E-state index contributed by atoms with van der Waals surface area (Å²) < 4.78 is 52.9. The fraction of sp³-hybridized carbons (Fsp3) is 1.00. The van der Waals surface area contributed by atoms with Crippen LogP contribution in [0.5, 0.6) is 0 Å². The highest BCUT2D eigenvalue weighted by atomic mass is 32.3. The van der Waals surface area contributed by atoms with Gasteiger partial charge in [-0.1, -0.05) is 0 Å². The summed E-state index contributed by atoms with van der Waals surface area (Å²) in [6, 6.07) is 0. The molecule has 0 spiro atoms. The quantitative estimate of drug-likeness (QED) is 0.518. The van der Waals surface area contributed by atoms with Gasteiger partial charge >= 0.3 is 0 Å². The van der Waals surface area contributed by atoms with E-state index in [-0.39, 0.29) is 0 Å². The minimum atomic E-state index is -4.02. The minimum absolute atomic E-state index is 0.790. The Morgan fingerprint density at radius 2 is 1.23 bits per heavy atom. The lowest BCUT2D eigenvalue weighted by Gasteiger charge is -2.12. The molecule has 1 aliphatic rings. The van der Waals surface area contributed by atoms with Gasteiger partial charge in [0.05, 0.1) is 0 Å². The third-order valence-electron chi connectivity index (χ3n) is 1.55. The van der Waals surface area contributed by atoms with E-state index < -0.39 is 37.5 Å². The van der Waals surface area contributed by atoms with Gasteiger partial charge in [0.2, 0.25) is 5.08 Å². The molecule has 0 aliphatic carbocycles. The molecule has 0 radical (unpaired) electrons. The molecule has 0 aromatic heterocycles. The zero-order valence-corrected chi connectivity index (χ0v) is 8.76. The monoisotopic (exact) mass is 230 g/mol. The Hall–Kier alpha value is -0.180. The van der Waals surface area contributed by atoms with Crippen LogP contribution in [0.3, 0.4) is 0 Å². The van der Waals surface area contributed by atoms with Gasteiger partial charge in [0.15, 0.2) is 0 Å². The first-order valence-corrected chi connectivity index (χ1v) is 6.69. The average molecular weight is 230 g/mol. The maximum atomic E-state index is 11.0. The van der Waals surface area contributed by atoms with Crippen molar-refractivity contribution < 1.29 is 25.2 Å². The van der Waals surface area contributed by atoms with Crippen molar-refractivity contribution in [2.45, 2.75) is 26.1 Å². The van der Waals surface area contributed by atoms with Gasteiger partial charge in [0.1, 0.15) is 12.2 Å². The summed E-state index contributed by atoms with van der Waals surface area (Å²) in [5.41, 5.74) is 0. The second-order valence-corrected chi connectivity index (χ2v) is 6.39. The highest BCUT2D eigenvalue weighted by Gasteiger charge is 2.35. The Balaban J connectivity index is 3.08. The molecule has 0 aromatic carbocycles. The molecule has 1 fully saturated rings. The molecule has 8 heteroatoms. The molecule has 0 aromatic rings. The summed E-state index contributed by atoms with van der Waals surface area (Å²) in [7, 11) is -8.04. The van der Waals surface area contributed by atoms with Crippen molar-refractivity contribution in [3.05, 3.63) is 0 Å². The van der Waals surface area contributed by atoms with Crippen LogP contribution >= 0.6 is 0 Å². The van der Waals surface area contributed by atoms with Gasteiger partial charge < -0.3 is 0 Å². The van der Waals surface area contributed by atoms with Crippen LogP contribution in [0.15, 0.2) is 0 Å². The van der Waals surface area contributed by atoms with E-state index in [1.807, 2.05) is 0 Å². The molecule has 0 N–H and O–H groups in total. The van der Waals surface area contributed by atoms with Crippen molar-refractivity contribution >= 4 is 20.2 Å². The summed E-state index contributed by atoms with van der Waals surface area (Å²) in [4.78, 5) is 0. The Labute approximate surface area is 77.1 Å². The minimum Gasteiger partial charge on any atom is -0.263 e. The summed E-state index contributed by atoms with van der Waals surface area (Å²) in [5, 5.41) is -1.12. The third-order valence-corrected chi connectivity index (χ3v) is 5.05. The van der Waals surface area contributed by atoms with Crippen LogP contribution in [0.4, 0.5) is 0 Å². The lowest BCUT2D eigenvalue weighted by atomic mass is 10.3. The summed E-state index contributed by atoms with van der Waals surface area (Å²) in [6.07, 6.45) is -1.58. The van der Waals surface area contributed by atoms with Crippen LogP contribution in [0.1, 0.15) is 13.8 Å². The SMILES string of the molecule is C[C@@H]1OS(=O)(=O)CS(=O)(=O)O[C@@H]1C. The molecular weight excluding hydrogens is 220 g/mol. The van der Waals surface area contributed by atoms with E-state index >= 15 is 0 Å². The summed E-state index contributed by atoms with van der Waals surface area (Å²) in [5.74, 6) is 0. The van der Waals surface area contributed by atoms with E-state index in [0.29, 0.717) is 0 Å². The average Bonchev–Trinajstić information content (AvgIpc) is 1.85. The maximum Gasteiger partial charge on any atom is 0.284 e. The molecule has 78 valence electrons. The highest BCUT2D eigenvalue weighted by Crippen LogP contribution is 2.17. The van der Waals surface area contributed by atoms with Crippen LogP contribution in [0.2, 0.25) is 0 Å². The molecule has 0 unspecified atom stereocenters. The van der Waals surface area contributed by atoms with Crippen molar-refractivity contribution in [2.75, 3.05) is 5.08 Å². The van der Waals surface area contributed by atoms with E-state index in [0.717, 1.165) is 0 Å². The topological polar surface area (TPSA) is 86.7 Å². The zero-order chi connectivity index (χ0) is 10.3. The zero-order valence-electron chi connectivity index (χ0n) is 7.13.